The van der Waals surface area contributed by atoms with Gasteiger partial charge in [0, 0.05) is 31.9 Å². The maximum absolute atomic E-state index is 12.0. The summed E-state index contributed by atoms with van der Waals surface area (Å²) in [6.45, 7) is 5.29. The van der Waals surface area contributed by atoms with Crippen LogP contribution >= 0.6 is 0 Å². The summed E-state index contributed by atoms with van der Waals surface area (Å²) >= 11 is 0. The van der Waals surface area contributed by atoms with Gasteiger partial charge in [-0.15, -0.1) is 0 Å². The molecule has 0 aromatic heterocycles. The lowest BCUT2D eigenvalue weighted by molar-refractivity contribution is -0.117. The van der Waals surface area contributed by atoms with Crippen LogP contribution in [0.15, 0.2) is 24.3 Å². The summed E-state index contributed by atoms with van der Waals surface area (Å²) < 4.78 is 5.33. The zero-order valence-electron chi connectivity index (χ0n) is 10.5. The van der Waals surface area contributed by atoms with Crippen molar-refractivity contribution in [2.24, 2.45) is 0 Å². The molecule has 0 saturated carbocycles. The Hall–Kier alpha value is -1.39. The SMILES string of the molecule is O=C1Cc2ccccc2N1CCN1CCOCC1. The van der Waals surface area contributed by atoms with E-state index >= 15 is 0 Å². The molecule has 4 heteroatoms. The normalized spacial score (nSPS) is 20.2. The number of hydrogen-bond donors (Lipinski definition) is 0. The van der Waals surface area contributed by atoms with Crippen molar-refractivity contribution in [2.45, 2.75) is 6.42 Å². The van der Waals surface area contributed by atoms with Crippen molar-refractivity contribution in [3.63, 3.8) is 0 Å². The first-order valence-electron chi connectivity index (χ1n) is 6.53. The first kappa shape index (κ1) is 11.7. The summed E-state index contributed by atoms with van der Waals surface area (Å²) in [4.78, 5) is 16.3. The molecule has 1 aromatic carbocycles. The van der Waals surface area contributed by atoms with Crippen LogP contribution in [0.4, 0.5) is 5.69 Å². The number of nitrogens with zero attached hydrogens (tertiary/aromatic N) is 2. The minimum absolute atomic E-state index is 0.226. The zero-order chi connectivity index (χ0) is 12.4. The van der Waals surface area contributed by atoms with Crippen LogP contribution in [-0.2, 0) is 16.0 Å². The molecule has 0 bridgehead atoms. The van der Waals surface area contributed by atoms with E-state index < -0.39 is 0 Å². The zero-order valence-corrected chi connectivity index (χ0v) is 10.5. The Balaban J connectivity index is 1.64. The Labute approximate surface area is 107 Å². The fourth-order valence-corrected chi connectivity index (χ4v) is 2.63. The summed E-state index contributed by atoms with van der Waals surface area (Å²) in [6.07, 6.45) is 0.555. The molecule has 3 rings (SSSR count). The lowest BCUT2D eigenvalue weighted by Gasteiger charge is -2.28. The third kappa shape index (κ3) is 2.26. The van der Waals surface area contributed by atoms with Crippen molar-refractivity contribution in [1.82, 2.24) is 4.90 Å². The van der Waals surface area contributed by atoms with Crippen molar-refractivity contribution in [3.8, 4) is 0 Å². The molecule has 2 heterocycles. The molecular formula is C14H18N2O2. The van der Waals surface area contributed by atoms with Gasteiger partial charge in [-0.05, 0) is 11.6 Å². The number of amides is 1. The predicted molar refractivity (Wildman–Crippen MR) is 69.8 cm³/mol. The molecule has 2 aliphatic rings. The van der Waals surface area contributed by atoms with Gasteiger partial charge in [-0.2, -0.15) is 0 Å². The first-order chi connectivity index (χ1) is 8.84. The molecule has 0 radical (unpaired) electrons. The number of morpholine rings is 1. The van der Waals surface area contributed by atoms with E-state index in [1.54, 1.807) is 0 Å². The van der Waals surface area contributed by atoms with E-state index in [1.165, 1.54) is 0 Å². The number of rotatable bonds is 3. The summed E-state index contributed by atoms with van der Waals surface area (Å²) in [5, 5.41) is 0. The molecule has 0 spiro atoms. The van der Waals surface area contributed by atoms with E-state index in [0.29, 0.717) is 6.42 Å². The molecule has 18 heavy (non-hydrogen) atoms. The molecule has 1 amide bonds. The standard InChI is InChI=1S/C14H18N2O2/c17-14-11-12-3-1-2-4-13(12)16(14)6-5-15-7-9-18-10-8-15/h1-4H,5-11H2. The van der Waals surface area contributed by atoms with Gasteiger partial charge < -0.3 is 9.64 Å². The van der Waals surface area contributed by atoms with Gasteiger partial charge in [0.05, 0.1) is 19.6 Å². The van der Waals surface area contributed by atoms with E-state index in [-0.39, 0.29) is 5.91 Å². The van der Waals surface area contributed by atoms with Crippen LogP contribution in [0.5, 0.6) is 0 Å². The van der Waals surface area contributed by atoms with Crippen LogP contribution in [0.25, 0.3) is 0 Å². The van der Waals surface area contributed by atoms with Crippen molar-refractivity contribution < 1.29 is 9.53 Å². The first-order valence-corrected chi connectivity index (χ1v) is 6.53. The molecule has 0 aliphatic carbocycles. The van der Waals surface area contributed by atoms with Crippen LogP contribution in [0.2, 0.25) is 0 Å². The van der Waals surface area contributed by atoms with Crippen LogP contribution in [0, 0.1) is 0 Å². The van der Waals surface area contributed by atoms with Gasteiger partial charge in [0.15, 0.2) is 0 Å². The molecule has 0 N–H and O–H groups in total. The van der Waals surface area contributed by atoms with Crippen molar-refractivity contribution in [2.75, 3.05) is 44.3 Å². The molecule has 96 valence electrons. The maximum Gasteiger partial charge on any atom is 0.231 e. The lowest BCUT2D eigenvalue weighted by atomic mass is 10.2. The van der Waals surface area contributed by atoms with Gasteiger partial charge in [0.25, 0.3) is 0 Å². The summed E-state index contributed by atoms with van der Waals surface area (Å²) in [5.74, 6) is 0.226. The molecule has 0 unspecified atom stereocenters. The summed E-state index contributed by atoms with van der Waals surface area (Å²) in [6, 6.07) is 8.08. The quantitative estimate of drug-likeness (QED) is 0.794. The number of ether oxygens (including phenoxy) is 1. The smallest absolute Gasteiger partial charge is 0.231 e. The molecule has 2 aliphatic heterocycles. The van der Waals surface area contributed by atoms with Gasteiger partial charge >= 0.3 is 0 Å². The maximum atomic E-state index is 12.0. The van der Waals surface area contributed by atoms with Gasteiger partial charge in [-0.25, -0.2) is 0 Å². The molecular weight excluding hydrogens is 228 g/mol. The number of hydrogen-bond acceptors (Lipinski definition) is 3. The summed E-state index contributed by atoms with van der Waals surface area (Å²) in [5.41, 5.74) is 2.25. The Kier molecular flexibility index (Phi) is 3.30. The fraction of sp³-hybridized carbons (Fsp3) is 0.500. The second kappa shape index (κ2) is 5.08. The van der Waals surface area contributed by atoms with E-state index in [0.717, 1.165) is 50.6 Å². The van der Waals surface area contributed by atoms with Crippen molar-refractivity contribution >= 4 is 11.6 Å². The minimum atomic E-state index is 0.226. The molecule has 0 atom stereocenters. The summed E-state index contributed by atoms with van der Waals surface area (Å²) in [7, 11) is 0. The van der Waals surface area contributed by atoms with Crippen molar-refractivity contribution in [1.29, 1.82) is 0 Å². The monoisotopic (exact) mass is 246 g/mol. The minimum Gasteiger partial charge on any atom is -0.379 e. The number of para-hydroxylation sites is 1. The van der Waals surface area contributed by atoms with Crippen LogP contribution in [0.3, 0.4) is 0 Å². The predicted octanol–water partition coefficient (Wildman–Crippen LogP) is 0.908. The highest BCUT2D eigenvalue weighted by Gasteiger charge is 2.26. The molecule has 1 fully saturated rings. The van der Waals surface area contributed by atoms with Gasteiger partial charge in [-0.3, -0.25) is 9.69 Å². The van der Waals surface area contributed by atoms with Gasteiger partial charge in [0.1, 0.15) is 0 Å². The largest absolute Gasteiger partial charge is 0.379 e. The van der Waals surface area contributed by atoms with Gasteiger partial charge in [-0.1, -0.05) is 18.2 Å². The van der Waals surface area contributed by atoms with Crippen LogP contribution in [-0.4, -0.2) is 50.2 Å². The Bertz CT molecular complexity index is 441. The van der Waals surface area contributed by atoms with E-state index in [9.17, 15) is 4.79 Å². The van der Waals surface area contributed by atoms with Gasteiger partial charge in [0.2, 0.25) is 5.91 Å². The highest BCUT2D eigenvalue weighted by molar-refractivity contribution is 6.01. The average molecular weight is 246 g/mol. The van der Waals surface area contributed by atoms with Crippen LogP contribution < -0.4 is 4.90 Å². The number of benzene rings is 1. The van der Waals surface area contributed by atoms with Crippen molar-refractivity contribution in [3.05, 3.63) is 29.8 Å². The lowest BCUT2D eigenvalue weighted by Crippen LogP contribution is -2.42. The second-order valence-electron chi connectivity index (χ2n) is 4.80. The van der Waals surface area contributed by atoms with E-state index in [1.807, 2.05) is 29.2 Å². The molecule has 4 nitrogen and oxygen atoms in total. The Morgan fingerprint density at radius 1 is 1.11 bits per heavy atom. The highest BCUT2D eigenvalue weighted by Crippen LogP contribution is 2.27. The van der Waals surface area contributed by atoms with E-state index in [4.69, 9.17) is 4.74 Å². The Morgan fingerprint density at radius 2 is 1.89 bits per heavy atom. The highest BCUT2D eigenvalue weighted by atomic mass is 16.5. The number of carbonyl (C=O) groups is 1. The number of fused-ring (bicyclic) bond motifs is 1. The molecule has 1 saturated heterocycles. The fourth-order valence-electron chi connectivity index (χ4n) is 2.63. The third-order valence-corrected chi connectivity index (χ3v) is 3.67. The number of carbonyl (C=O) groups excluding carboxylic acids is 1. The van der Waals surface area contributed by atoms with E-state index in [2.05, 4.69) is 4.90 Å². The van der Waals surface area contributed by atoms with Crippen LogP contribution in [0.1, 0.15) is 5.56 Å². The molecule has 1 aromatic rings. The topological polar surface area (TPSA) is 32.8 Å². The third-order valence-electron chi connectivity index (χ3n) is 3.67. The second-order valence-corrected chi connectivity index (χ2v) is 4.80. The number of anilines is 1. The average Bonchev–Trinajstić information content (AvgIpc) is 2.73. The Morgan fingerprint density at radius 3 is 2.72 bits per heavy atom.